The molecule has 1 heterocycles. The Balaban J connectivity index is 2.59. The molecule has 0 fully saturated rings. The Morgan fingerprint density at radius 1 is 1.92 bits per heavy atom. The standard InChI is InChI=1S/C7H9N3OS/c1-12-7-9-4-5-10(7)6(11)2-3-8/h2,4-5H2,1H3. The SMILES string of the molecule is CSC1=NCCN1C(=O)CC#N. The van der Waals surface area contributed by atoms with Gasteiger partial charge in [0.1, 0.15) is 6.42 Å². The fraction of sp³-hybridized carbons (Fsp3) is 0.571. The number of thioether (sulfide) groups is 1. The molecule has 12 heavy (non-hydrogen) atoms. The van der Waals surface area contributed by atoms with Gasteiger partial charge in [-0.25, -0.2) is 0 Å². The summed E-state index contributed by atoms with van der Waals surface area (Å²) in [6.07, 6.45) is 1.82. The minimum Gasteiger partial charge on any atom is -0.289 e. The summed E-state index contributed by atoms with van der Waals surface area (Å²) in [5.41, 5.74) is 0. The summed E-state index contributed by atoms with van der Waals surface area (Å²) in [6.45, 7) is 1.28. The van der Waals surface area contributed by atoms with E-state index in [1.165, 1.54) is 11.8 Å². The largest absolute Gasteiger partial charge is 0.289 e. The molecule has 1 aliphatic heterocycles. The van der Waals surface area contributed by atoms with E-state index in [1.807, 2.05) is 12.3 Å². The van der Waals surface area contributed by atoms with Gasteiger partial charge in [-0.3, -0.25) is 14.7 Å². The van der Waals surface area contributed by atoms with E-state index in [9.17, 15) is 4.79 Å². The molecular weight excluding hydrogens is 174 g/mol. The van der Waals surface area contributed by atoms with Crippen molar-refractivity contribution in [1.29, 1.82) is 5.26 Å². The summed E-state index contributed by atoms with van der Waals surface area (Å²) < 4.78 is 0. The van der Waals surface area contributed by atoms with Crippen molar-refractivity contribution < 1.29 is 4.79 Å². The lowest BCUT2D eigenvalue weighted by molar-refractivity contribution is -0.125. The number of rotatable bonds is 1. The zero-order valence-electron chi connectivity index (χ0n) is 6.78. The number of carbonyl (C=O) groups excluding carboxylic acids is 1. The highest BCUT2D eigenvalue weighted by Crippen LogP contribution is 2.12. The summed E-state index contributed by atoms with van der Waals surface area (Å²) in [7, 11) is 0. The first-order chi connectivity index (χ1) is 5.79. The van der Waals surface area contributed by atoms with Crippen LogP contribution in [0, 0.1) is 11.3 Å². The molecule has 0 atom stereocenters. The smallest absolute Gasteiger partial charge is 0.242 e. The third-order valence-electron chi connectivity index (χ3n) is 1.52. The second-order valence-electron chi connectivity index (χ2n) is 2.25. The summed E-state index contributed by atoms with van der Waals surface area (Å²) in [5.74, 6) is -0.150. The van der Waals surface area contributed by atoms with Crippen LogP contribution in [-0.2, 0) is 4.79 Å². The van der Waals surface area contributed by atoms with Gasteiger partial charge in [0.05, 0.1) is 12.6 Å². The van der Waals surface area contributed by atoms with Crippen LogP contribution >= 0.6 is 11.8 Å². The zero-order valence-corrected chi connectivity index (χ0v) is 7.60. The van der Waals surface area contributed by atoms with Crippen molar-refractivity contribution >= 4 is 22.8 Å². The summed E-state index contributed by atoms with van der Waals surface area (Å²) in [5, 5.41) is 9.04. The van der Waals surface area contributed by atoms with Crippen LogP contribution in [-0.4, -0.2) is 35.3 Å². The van der Waals surface area contributed by atoms with E-state index in [0.717, 1.165) is 5.17 Å². The second kappa shape index (κ2) is 4.12. The summed E-state index contributed by atoms with van der Waals surface area (Å²) >= 11 is 1.44. The summed E-state index contributed by atoms with van der Waals surface area (Å²) in [4.78, 5) is 16.9. The van der Waals surface area contributed by atoms with Crippen LogP contribution in [0.25, 0.3) is 0 Å². The molecule has 64 valence electrons. The molecule has 0 aromatic heterocycles. The van der Waals surface area contributed by atoms with Crippen LogP contribution in [0.2, 0.25) is 0 Å². The maximum atomic E-state index is 11.2. The van der Waals surface area contributed by atoms with Gasteiger partial charge in [-0.2, -0.15) is 5.26 Å². The van der Waals surface area contributed by atoms with E-state index in [1.54, 1.807) is 4.90 Å². The molecular formula is C7H9N3OS. The van der Waals surface area contributed by atoms with Crippen molar-refractivity contribution in [2.75, 3.05) is 19.3 Å². The van der Waals surface area contributed by atoms with E-state index >= 15 is 0 Å². The topological polar surface area (TPSA) is 56.5 Å². The lowest BCUT2D eigenvalue weighted by Gasteiger charge is -2.14. The molecule has 5 heteroatoms. The normalized spacial score (nSPS) is 15.7. The third kappa shape index (κ3) is 1.77. The number of nitrogens with zero attached hydrogens (tertiary/aromatic N) is 3. The average molecular weight is 183 g/mol. The van der Waals surface area contributed by atoms with Gasteiger partial charge in [-0.15, -0.1) is 0 Å². The number of amidine groups is 1. The molecule has 0 N–H and O–H groups in total. The maximum Gasteiger partial charge on any atom is 0.242 e. The number of hydrogen-bond acceptors (Lipinski definition) is 4. The fourth-order valence-electron chi connectivity index (χ4n) is 0.996. The van der Waals surface area contributed by atoms with Crippen molar-refractivity contribution in [3.63, 3.8) is 0 Å². The minimum atomic E-state index is -0.150. The van der Waals surface area contributed by atoms with Crippen LogP contribution in [0.4, 0.5) is 0 Å². The molecule has 0 aromatic carbocycles. The van der Waals surface area contributed by atoms with E-state index in [-0.39, 0.29) is 12.3 Å². The lowest BCUT2D eigenvalue weighted by Crippen LogP contribution is -2.32. The maximum absolute atomic E-state index is 11.2. The molecule has 1 rings (SSSR count). The Labute approximate surface area is 75.3 Å². The number of aliphatic imine (C=N–C) groups is 1. The van der Waals surface area contributed by atoms with Gasteiger partial charge in [0.15, 0.2) is 5.17 Å². The Kier molecular flexibility index (Phi) is 3.11. The van der Waals surface area contributed by atoms with Crippen molar-refractivity contribution in [1.82, 2.24) is 4.90 Å². The molecule has 0 unspecified atom stereocenters. The molecule has 4 nitrogen and oxygen atoms in total. The fourth-order valence-corrected chi connectivity index (χ4v) is 1.63. The van der Waals surface area contributed by atoms with Crippen LogP contribution in [0.1, 0.15) is 6.42 Å². The zero-order chi connectivity index (χ0) is 8.97. The first-order valence-electron chi connectivity index (χ1n) is 3.55. The van der Waals surface area contributed by atoms with Crippen LogP contribution in [0.5, 0.6) is 0 Å². The van der Waals surface area contributed by atoms with E-state index < -0.39 is 0 Å². The average Bonchev–Trinajstić information content (AvgIpc) is 2.51. The molecule has 0 radical (unpaired) electrons. The summed E-state index contributed by atoms with van der Waals surface area (Å²) in [6, 6.07) is 1.83. The monoisotopic (exact) mass is 183 g/mol. The molecule has 1 amide bonds. The number of amides is 1. The quantitative estimate of drug-likeness (QED) is 0.593. The van der Waals surface area contributed by atoms with Crippen molar-refractivity contribution in [2.24, 2.45) is 4.99 Å². The molecule has 1 aliphatic rings. The van der Waals surface area contributed by atoms with E-state index in [4.69, 9.17) is 5.26 Å². The Morgan fingerprint density at radius 3 is 3.25 bits per heavy atom. The van der Waals surface area contributed by atoms with Gasteiger partial charge in [0.25, 0.3) is 0 Å². The van der Waals surface area contributed by atoms with Crippen LogP contribution in [0.15, 0.2) is 4.99 Å². The Hall–Kier alpha value is -1.02. The van der Waals surface area contributed by atoms with E-state index in [2.05, 4.69) is 4.99 Å². The van der Waals surface area contributed by atoms with E-state index in [0.29, 0.717) is 13.1 Å². The predicted octanol–water partition coefficient (Wildman–Crippen LogP) is 0.461. The number of carbonyl (C=O) groups is 1. The molecule has 0 aliphatic carbocycles. The third-order valence-corrected chi connectivity index (χ3v) is 2.23. The second-order valence-corrected chi connectivity index (χ2v) is 3.02. The molecule has 0 spiro atoms. The minimum absolute atomic E-state index is 0.0560. The molecule has 0 saturated carbocycles. The van der Waals surface area contributed by atoms with Gasteiger partial charge in [-0.05, 0) is 6.26 Å². The Morgan fingerprint density at radius 2 is 2.67 bits per heavy atom. The van der Waals surface area contributed by atoms with Gasteiger partial charge >= 0.3 is 0 Å². The number of nitriles is 1. The highest BCUT2D eigenvalue weighted by atomic mass is 32.2. The van der Waals surface area contributed by atoms with Gasteiger partial charge in [0, 0.05) is 6.54 Å². The number of hydrogen-bond donors (Lipinski definition) is 0. The van der Waals surface area contributed by atoms with Gasteiger partial charge < -0.3 is 0 Å². The highest BCUT2D eigenvalue weighted by molar-refractivity contribution is 8.13. The van der Waals surface area contributed by atoms with Crippen LogP contribution in [0.3, 0.4) is 0 Å². The first kappa shape index (κ1) is 9.07. The molecule has 0 bridgehead atoms. The van der Waals surface area contributed by atoms with Gasteiger partial charge in [-0.1, -0.05) is 11.8 Å². The van der Waals surface area contributed by atoms with Crippen molar-refractivity contribution in [2.45, 2.75) is 6.42 Å². The predicted molar refractivity (Wildman–Crippen MR) is 47.8 cm³/mol. The molecule has 0 aromatic rings. The lowest BCUT2D eigenvalue weighted by atomic mass is 10.4. The van der Waals surface area contributed by atoms with Gasteiger partial charge in [0.2, 0.25) is 5.91 Å². The van der Waals surface area contributed by atoms with Crippen LogP contribution < -0.4 is 0 Å². The van der Waals surface area contributed by atoms with Crippen molar-refractivity contribution in [3.05, 3.63) is 0 Å². The first-order valence-corrected chi connectivity index (χ1v) is 4.78. The Bertz CT molecular complexity index is 256. The molecule has 0 saturated heterocycles. The highest BCUT2D eigenvalue weighted by Gasteiger charge is 2.21. The van der Waals surface area contributed by atoms with Crippen molar-refractivity contribution in [3.8, 4) is 6.07 Å².